The quantitative estimate of drug-likeness (QED) is 0.335. The molecule has 5 nitrogen and oxygen atoms in total. The van der Waals surface area contributed by atoms with Crippen LogP contribution in [-0.4, -0.2) is 32.7 Å². The standard InChI is InChI=1S/C20H27N3O2.HI/c1-24-18-8-6-16(7-9-18)10-12-21-20(23-15-17-4-5-17)22-13-11-19-3-2-14-25-19;/h2-3,6-9,14,17H,4-5,10-13,15H2,1H3,(H2,21,22,23);1H. The van der Waals surface area contributed by atoms with Gasteiger partial charge in [0.25, 0.3) is 0 Å². The zero-order valence-corrected chi connectivity index (χ0v) is 17.6. The predicted molar refractivity (Wildman–Crippen MR) is 116 cm³/mol. The summed E-state index contributed by atoms with van der Waals surface area (Å²) in [6.45, 7) is 2.58. The Labute approximate surface area is 172 Å². The molecule has 0 unspecified atom stereocenters. The molecule has 1 heterocycles. The fraction of sp³-hybridized carbons (Fsp3) is 0.450. The van der Waals surface area contributed by atoms with Crippen LogP contribution in [0.15, 0.2) is 52.1 Å². The van der Waals surface area contributed by atoms with Crippen molar-refractivity contribution in [3.05, 3.63) is 54.0 Å². The minimum Gasteiger partial charge on any atom is -0.497 e. The second-order valence-electron chi connectivity index (χ2n) is 6.41. The number of nitrogens with one attached hydrogen (secondary N) is 2. The summed E-state index contributed by atoms with van der Waals surface area (Å²) in [4.78, 5) is 4.71. The average molecular weight is 469 g/mol. The van der Waals surface area contributed by atoms with Crippen LogP contribution in [0.2, 0.25) is 0 Å². The number of hydrogen-bond donors (Lipinski definition) is 2. The zero-order valence-electron chi connectivity index (χ0n) is 15.2. The van der Waals surface area contributed by atoms with Gasteiger partial charge in [-0.2, -0.15) is 0 Å². The Morgan fingerprint density at radius 3 is 2.46 bits per heavy atom. The van der Waals surface area contributed by atoms with Crippen molar-refractivity contribution in [1.29, 1.82) is 0 Å². The monoisotopic (exact) mass is 469 g/mol. The normalized spacial score (nSPS) is 13.8. The van der Waals surface area contributed by atoms with Gasteiger partial charge in [0.1, 0.15) is 11.5 Å². The van der Waals surface area contributed by atoms with Gasteiger partial charge in [-0.25, -0.2) is 0 Å². The molecule has 0 atom stereocenters. The first-order chi connectivity index (χ1) is 12.3. The smallest absolute Gasteiger partial charge is 0.191 e. The van der Waals surface area contributed by atoms with Gasteiger partial charge in [0.05, 0.1) is 13.4 Å². The summed E-state index contributed by atoms with van der Waals surface area (Å²) in [6, 6.07) is 12.1. The van der Waals surface area contributed by atoms with Crippen LogP contribution in [-0.2, 0) is 12.8 Å². The molecule has 0 saturated heterocycles. The molecule has 0 spiro atoms. The van der Waals surface area contributed by atoms with Crippen molar-refractivity contribution in [2.45, 2.75) is 25.7 Å². The van der Waals surface area contributed by atoms with Crippen molar-refractivity contribution in [1.82, 2.24) is 10.6 Å². The number of hydrogen-bond acceptors (Lipinski definition) is 3. The molecule has 2 aromatic rings. The molecule has 1 saturated carbocycles. The Morgan fingerprint density at radius 2 is 1.85 bits per heavy atom. The van der Waals surface area contributed by atoms with Crippen LogP contribution < -0.4 is 15.4 Å². The molecule has 1 aliphatic rings. The second kappa shape index (κ2) is 11.1. The third kappa shape index (κ3) is 7.27. The molecule has 2 N–H and O–H groups in total. The Kier molecular flexibility index (Phi) is 8.80. The van der Waals surface area contributed by atoms with E-state index >= 15 is 0 Å². The van der Waals surface area contributed by atoms with Crippen LogP contribution in [0.25, 0.3) is 0 Å². The first-order valence-corrected chi connectivity index (χ1v) is 9.01. The Hall–Kier alpha value is -1.70. The number of guanidine groups is 1. The molecule has 1 fully saturated rings. The van der Waals surface area contributed by atoms with Crippen molar-refractivity contribution in [3.63, 3.8) is 0 Å². The highest BCUT2D eigenvalue weighted by Gasteiger charge is 2.20. The van der Waals surface area contributed by atoms with Gasteiger partial charge in [0.15, 0.2) is 5.96 Å². The van der Waals surface area contributed by atoms with E-state index in [0.29, 0.717) is 0 Å². The summed E-state index contributed by atoms with van der Waals surface area (Å²) in [5.74, 6) is 3.56. The summed E-state index contributed by atoms with van der Waals surface area (Å²) in [7, 11) is 1.69. The van der Waals surface area contributed by atoms with Crippen LogP contribution in [0.3, 0.4) is 0 Å². The third-order valence-electron chi connectivity index (χ3n) is 4.31. The minimum absolute atomic E-state index is 0. The van der Waals surface area contributed by atoms with E-state index in [9.17, 15) is 0 Å². The molecule has 0 amide bonds. The molecule has 1 aliphatic carbocycles. The lowest BCUT2D eigenvalue weighted by molar-refractivity contribution is 0.414. The molecule has 0 radical (unpaired) electrons. The second-order valence-corrected chi connectivity index (χ2v) is 6.41. The van der Waals surface area contributed by atoms with E-state index in [0.717, 1.165) is 55.9 Å². The molecule has 6 heteroatoms. The summed E-state index contributed by atoms with van der Waals surface area (Å²) in [5.41, 5.74) is 1.28. The van der Waals surface area contributed by atoms with Crippen LogP contribution in [0.1, 0.15) is 24.2 Å². The average Bonchev–Trinajstić information content (AvgIpc) is 3.33. The number of furan rings is 1. The van der Waals surface area contributed by atoms with Crippen molar-refractivity contribution in [2.24, 2.45) is 10.9 Å². The number of methoxy groups -OCH3 is 1. The highest BCUT2D eigenvalue weighted by molar-refractivity contribution is 14.0. The number of benzene rings is 1. The van der Waals surface area contributed by atoms with E-state index in [1.54, 1.807) is 13.4 Å². The van der Waals surface area contributed by atoms with Crippen molar-refractivity contribution >= 4 is 29.9 Å². The summed E-state index contributed by atoms with van der Waals surface area (Å²) in [5, 5.41) is 6.84. The number of rotatable bonds is 9. The van der Waals surface area contributed by atoms with E-state index in [4.69, 9.17) is 14.1 Å². The molecule has 1 aromatic heterocycles. The van der Waals surface area contributed by atoms with Gasteiger partial charge < -0.3 is 19.8 Å². The molecule has 3 rings (SSSR count). The Morgan fingerprint density at radius 1 is 1.12 bits per heavy atom. The molecular weight excluding hydrogens is 441 g/mol. The van der Waals surface area contributed by atoms with E-state index < -0.39 is 0 Å². The number of halogens is 1. The first-order valence-electron chi connectivity index (χ1n) is 9.01. The maximum atomic E-state index is 5.37. The van der Waals surface area contributed by atoms with E-state index in [1.807, 2.05) is 24.3 Å². The zero-order chi connectivity index (χ0) is 17.3. The van der Waals surface area contributed by atoms with Crippen molar-refractivity contribution in [3.8, 4) is 5.75 Å². The van der Waals surface area contributed by atoms with Crippen LogP contribution in [0.4, 0.5) is 0 Å². The summed E-state index contributed by atoms with van der Waals surface area (Å²) >= 11 is 0. The van der Waals surface area contributed by atoms with Crippen molar-refractivity contribution < 1.29 is 9.15 Å². The maximum Gasteiger partial charge on any atom is 0.191 e. The van der Waals surface area contributed by atoms with Gasteiger partial charge in [-0.1, -0.05) is 12.1 Å². The summed E-state index contributed by atoms with van der Waals surface area (Å²) in [6.07, 6.45) is 6.15. The lowest BCUT2D eigenvalue weighted by atomic mass is 10.1. The number of ether oxygens (including phenoxy) is 1. The van der Waals surface area contributed by atoms with Crippen LogP contribution in [0, 0.1) is 5.92 Å². The molecule has 26 heavy (non-hydrogen) atoms. The highest BCUT2D eigenvalue weighted by atomic mass is 127. The Bertz CT molecular complexity index is 652. The lowest BCUT2D eigenvalue weighted by Gasteiger charge is -2.12. The van der Waals surface area contributed by atoms with Gasteiger partial charge in [0, 0.05) is 26.1 Å². The number of nitrogens with zero attached hydrogens (tertiary/aromatic N) is 1. The molecule has 0 aliphatic heterocycles. The van der Waals surface area contributed by atoms with Gasteiger partial charge in [0.2, 0.25) is 0 Å². The van der Waals surface area contributed by atoms with Gasteiger partial charge in [-0.05, 0) is 55.0 Å². The van der Waals surface area contributed by atoms with Crippen molar-refractivity contribution in [2.75, 3.05) is 26.7 Å². The minimum atomic E-state index is 0. The topological polar surface area (TPSA) is 58.8 Å². The maximum absolute atomic E-state index is 5.37. The van der Waals surface area contributed by atoms with Crippen LogP contribution in [0.5, 0.6) is 5.75 Å². The highest BCUT2D eigenvalue weighted by Crippen LogP contribution is 2.28. The number of aliphatic imine (C=N–C) groups is 1. The van der Waals surface area contributed by atoms with Gasteiger partial charge in [-0.15, -0.1) is 24.0 Å². The van der Waals surface area contributed by atoms with E-state index in [-0.39, 0.29) is 24.0 Å². The largest absolute Gasteiger partial charge is 0.497 e. The fourth-order valence-electron chi connectivity index (χ4n) is 2.57. The first kappa shape index (κ1) is 20.6. The Balaban J connectivity index is 0.00000243. The molecule has 0 bridgehead atoms. The molecular formula is C20H28IN3O2. The van der Waals surface area contributed by atoms with E-state index in [2.05, 4.69) is 22.8 Å². The van der Waals surface area contributed by atoms with E-state index in [1.165, 1.54) is 18.4 Å². The van der Waals surface area contributed by atoms with Crippen LogP contribution >= 0.6 is 24.0 Å². The molecule has 1 aromatic carbocycles. The summed E-state index contributed by atoms with van der Waals surface area (Å²) < 4.78 is 10.6. The predicted octanol–water partition coefficient (Wildman–Crippen LogP) is 3.64. The van der Waals surface area contributed by atoms with Gasteiger partial charge >= 0.3 is 0 Å². The fourth-order valence-corrected chi connectivity index (χ4v) is 2.57. The third-order valence-corrected chi connectivity index (χ3v) is 4.31. The lowest BCUT2D eigenvalue weighted by Crippen LogP contribution is -2.39. The molecule has 142 valence electrons. The van der Waals surface area contributed by atoms with Gasteiger partial charge in [-0.3, -0.25) is 4.99 Å². The SMILES string of the molecule is COc1ccc(CCNC(=NCC2CC2)NCCc2ccco2)cc1.I.